The molecule has 0 aliphatic heterocycles. The van der Waals surface area contributed by atoms with Crippen LogP contribution in [0.5, 0.6) is 11.5 Å². The number of para-hydroxylation sites is 2. The number of imidazole rings is 1. The highest BCUT2D eigenvalue weighted by Crippen LogP contribution is 2.29. The van der Waals surface area contributed by atoms with Crippen molar-refractivity contribution in [3.05, 3.63) is 54.4 Å². The monoisotopic (exact) mass is 365 g/mol. The second kappa shape index (κ2) is 7.70. The van der Waals surface area contributed by atoms with Crippen molar-refractivity contribution in [1.82, 2.24) is 14.9 Å². The average Bonchev–Trinajstić information content (AvgIpc) is 3.49. The first-order valence-corrected chi connectivity index (χ1v) is 9.23. The van der Waals surface area contributed by atoms with E-state index in [2.05, 4.69) is 9.88 Å². The van der Waals surface area contributed by atoms with Crippen molar-refractivity contribution < 1.29 is 14.3 Å². The summed E-state index contributed by atoms with van der Waals surface area (Å²) in [6.07, 6.45) is 1.99. The predicted molar refractivity (Wildman–Crippen MR) is 103 cm³/mol. The van der Waals surface area contributed by atoms with E-state index in [-0.39, 0.29) is 11.8 Å². The van der Waals surface area contributed by atoms with E-state index in [1.165, 1.54) is 0 Å². The Morgan fingerprint density at radius 3 is 2.81 bits per heavy atom. The van der Waals surface area contributed by atoms with Gasteiger partial charge in [0.2, 0.25) is 5.91 Å². The average molecular weight is 365 g/mol. The molecule has 4 rings (SSSR count). The van der Waals surface area contributed by atoms with Crippen LogP contribution in [0.25, 0.3) is 11.0 Å². The molecule has 0 saturated heterocycles. The molecule has 1 heterocycles. The number of amides is 1. The first-order chi connectivity index (χ1) is 13.2. The Hall–Kier alpha value is -3.02. The van der Waals surface area contributed by atoms with E-state index < -0.39 is 0 Å². The first kappa shape index (κ1) is 17.4. The van der Waals surface area contributed by atoms with Gasteiger partial charge >= 0.3 is 0 Å². The van der Waals surface area contributed by atoms with Crippen molar-refractivity contribution in [1.29, 1.82) is 0 Å². The molecule has 0 bridgehead atoms. The van der Waals surface area contributed by atoms with Crippen molar-refractivity contribution in [2.24, 2.45) is 5.92 Å². The summed E-state index contributed by atoms with van der Waals surface area (Å²) in [4.78, 5) is 16.7. The van der Waals surface area contributed by atoms with Crippen molar-refractivity contribution in [3.8, 4) is 11.5 Å². The van der Waals surface area contributed by atoms with E-state index in [1.807, 2.05) is 48.5 Å². The number of hydrogen-bond donors (Lipinski definition) is 1. The van der Waals surface area contributed by atoms with Crippen LogP contribution in [0.2, 0.25) is 0 Å². The number of carbonyl (C=O) groups is 1. The topological polar surface area (TPSA) is 65.4 Å². The Bertz CT molecular complexity index is 947. The van der Waals surface area contributed by atoms with E-state index in [0.29, 0.717) is 19.7 Å². The van der Waals surface area contributed by atoms with E-state index in [1.54, 1.807) is 7.11 Å². The van der Waals surface area contributed by atoms with Crippen LogP contribution in [-0.4, -0.2) is 29.2 Å². The van der Waals surface area contributed by atoms with Gasteiger partial charge < -0.3 is 19.4 Å². The van der Waals surface area contributed by atoms with Crippen molar-refractivity contribution in [2.75, 3.05) is 13.7 Å². The first-order valence-electron chi connectivity index (χ1n) is 9.23. The Labute approximate surface area is 158 Å². The molecular formula is C21H23N3O3. The lowest BCUT2D eigenvalue weighted by molar-refractivity contribution is -0.122. The van der Waals surface area contributed by atoms with Gasteiger partial charge in [-0.3, -0.25) is 4.79 Å². The second-order valence-electron chi connectivity index (χ2n) is 6.69. The maximum Gasteiger partial charge on any atom is 0.223 e. The van der Waals surface area contributed by atoms with Crippen LogP contribution in [0.15, 0.2) is 48.5 Å². The smallest absolute Gasteiger partial charge is 0.223 e. The van der Waals surface area contributed by atoms with Crippen LogP contribution < -0.4 is 14.8 Å². The molecule has 0 spiro atoms. The van der Waals surface area contributed by atoms with Crippen LogP contribution in [0.4, 0.5) is 0 Å². The summed E-state index contributed by atoms with van der Waals surface area (Å²) in [7, 11) is 1.64. The van der Waals surface area contributed by atoms with E-state index in [9.17, 15) is 4.79 Å². The second-order valence-corrected chi connectivity index (χ2v) is 6.69. The van der Waals surface area contributed by atoms with Crippen LogP contribution >= 0.6 is 0 Å². The SMILES string of the molecule is COc1cccc(OCCn2c(CNC(=O)C3CC3)nc3ccccc32)c1. The summed E-state index contributed by atoms with van der Waals surface area (Å²) >= 11 is 0. The third-order valence-electron chi connectivity index (χ3n) is 4.73. The fraction of sp³-hybridized carbons (Fsp3) is 0.333. The largest absolute Gasteiger partial charge is 0.497 e. The number of aromatic nitrogens is 2. The summed E-state index contributed by atoms with van der Waals surface area (Å²) in [6.45, 7) is 1.58. The molecular weight excluding hydrogens is 342 g/mol. The number of carbonyl (C=O) groups excluding carboxylic acids is 1. The van der Waals surface area contributed by atoms with Gasteiger partial charge in [-0.2, -0.15) is 0 Å². The van der Waals surface area contributed by atoms with E-state index in [0.717, 1.165) is 41.2 Å². The van der Waals surface area contributed by atoms with Crippen LogP contribution in [-0.2, 0) is 17.9 Å². The maximum atomic E-state index is 12.0. The predicted octanol–water partition coefficient (Wildman–Crippen LogP) is 3.15. The van der Waals surface area contributed by atoms with Crippen LogP contribution in [0.1, 0.15) is 18.7 Å². The Balaban J connectivity index is 1.46. The maximum absolute atomic E-state index is 12.0. The van der Waals surface area contributed by atoms with Gasteiger partial charge in [0.25, 0.3) is 0 Å². The number of fused-ring (bicyclic) bond motifs is 1. The fourth-order valence-corrected chi connectivity index (χ4v) is 3.11. The van der Waals surface area contributed by atoms with Crippen LogP contribution in [0, 0.1) is 5.92 Å². The molecule has 6 heteroatoms. The minimum Gasteiger partial charge on any atom is -0.497 e. The van der Waals surface area contributed by atoms with Gasteiger partial charge in [0.1, 0.15) is 23.9 Å². The zero-order chi connectivity index (χ0) is 18.6. The molecule has 3 aromatic rings. The summed E-state index contributed by atoms with van der Waals surface area (Å²) in [5.41, 5.74) is 1.97. The molecule has 0 radical (unpaired) electrons. The van der Waals surface area contributed by atoms with Crippen molar-refractivity contribution >= 4 is 16.9 Å². The molecule has 1 aromatic heterocycles. The lowest BCUT2D eigenvalue weighted by Crippen LogP contribution is -2.26. The summed E-state index contributed by atoms with van der Waals surface area (Å²) in [5.74, 6) is 2.70. The number of nitrogens with one attached hydrogen (secondary N) is 1. The fourth-order valence-electron chi connectivity index (χ4n) is 3.11. The highest BCUT2D eigenvalue weighted by atomic mass is 16.5. The molecule has 1 fully saturated rings. The third-order valence-corrected chi connectivity index (χ3v) is 4.73. The summed E-state index contributed by atoms with van der Waals surface area (Å²) in [6, 6.07) is 15.6. The minimum atomic E-state index is 0.126. The molecule has 1 aliphatic carbocycles. The lowest BCUT2D eigenvalue weighted by atomic mass is 10.3. The molecule has 1 amide bonds. The lowest BCUT2D eigenvalue weighted by Gasteiger charge is -2.12. The highest BCUT2D eigenvalue weighted by molar-refractivity contribution is 5.81. The molecule has 2 aromatic carbocycles. The number of hydrogen-bond acceptors (Lipinski definition) is 4. The van der Waals surface area contributed by atoms with E-state index >= 15 is 0 Å². The Morgan fingerprint density at radius 2 is 2.00 bits per heavy atom. The molecule has 6 nitrogen and oxygen atoms in total. The molecule has 27 heavy (non-hydrogen) atoms. The van der Waals surface area contributed by atoms with Gasteiger partial charge in [0, 0.05) is 12.0 Å². The molecule has 1 aliphatic rings. The summed E-state index contributed by atoms with van der Waals surface area (Å²) < 4.78 is 13.2. The van der Waals surface area contributed by atoms with Gasteiger partial charge in [-0.15, -0.1) is 0 Å². The quantitative estimate of drug-likeness (QED) is 0.666. The molecule has 0 atom stereocenters. The Kier molecular flexibility index (Phi) is 4.96. The number of benzene rings is 2. The number of ether oxygens (including phenoxy) is 2. The number of nitrogens with zero attached hydrogens (tertiary/aromatic N) is 2. The van der Waals surface area contributed by atoms with Gasteiger partial charge in [-0.1, -0.05) is 18.2 Å². The Morgan fingerprint density at radius 1 is 1.19 bits per heavy atom. The number of rotatable bonds is 8. The van der Waals surface area contributed by atoms with Gasteiger partial charge in [0.05, 0.1) is 31.2 Å². The zero-order valence-corrected chi connectivity index (χ0v) is 15.4. The molecule has 1 saturated carbocycles. The van der Waals surface area contributed by atoms with Gasteiger partial charge in [-0.05, 0) is 37.1 Å². The molecule has 1 N–H and O–H groups in total. The van der Waals surface area contributed by atoms with Gasteiger partial charge in [0.15, 0.2) is 0 Å². The normalized spacial score (nSPS) is 13.5. The van der Waals surface area contributed by atoms with Crippen molar-refractivity contribution in [3.63, 3.8) is 0 Å². The van der Waals surface area contributed by atoms with Crippen LogP contribution in [0.3, 0.4) is 0 Å². The van der Waals surface area contributed by atoms with Gasteiger partial charge in [-0.25, -0.2) is 4.98 Å². The molecule has 0 unspecified atom stereocenters. The molecule has 140 valence electrons. The standard InChI is InChI=1S/C21H23N3O3/c1-26-16-5-4-6-17(13-16)27-12-11-24-19-8-3-2-7-18(19)23-20(24)14-22-21(25)15-9-10-15/h2-8,13,15H,9-12,14H2,1H3,(H,22,25). The zero-order valence-electron chi connectivity index (χ0n) is 15.4. The highest BCUT2D eigenvalue weighted by Gasteiger charge is 2.29. The van der Waals surface area contributed by atoms with E-state index in [4.69, 9.17) is 14.5 Å². The number of methoxy groups -OCH3 is 1. The third kappa shape index (κ3) is 4.05. The minimum absolute atomic E-state index is 0.126. The van der Waals surface area contributed by atoms with Crippen molar-refractivity contribution in [2.45, 2.75) is 25.9 Å². The summed E-state index contributed by atoms with van der Waals surface area (Å²) in [5, 5.41) is 3.01.